The van der Waals surface area contributed by atoms with Gasteiger partial charge < -0.3 is 4.74 Å². The second kappa shape index (κ2) is 6.48. The van der Waals surface area contributed by atoms with Crippen LogP contribution in [0.25, 0.3) is 0 Å². The van der Waals surface area contributed by atoms with Crippen molar-refractivity contribution >= 4 is 44.3 Å². The third-order valence-corrected chi connectivity index (χ3v) is 5.18. The summed E-state index contributed by atoms with van der Waals surface area (Å²) < 4.78 is 7.61. The number of carbonyl (C=O) groups is 1. The van der Waals surface area contributed by atoms with Gasteiger partial charge >= 0.3 is 0 Å². The summed E-state index contributed by atoms with van der Waals surface area (Å²) in [5, 5.41) is 0. The zero-order valence-electron chi connectivity index (χ0n) is 11.3. The average molecular weight is 457 g/mol. The number of carbonyl (C=O) groups excluding carboxylic acids is 1. The van der Waals surface area contributed by atoms with E-state index >= 15 is 0 Å². The van der Waals surface area contributed by atoms with E-state index in [2.05, 4.69) is 44.6 Å². The Morgan fingerprint density at radius 1 is 1.29 bits per heavy atom. The lowest BCUT2D eigenvalue weighted by Crippen LogP contribution is -2.17. The molecule has 0 bridgehead atoms. The standard InChI is InChI=1S/C17H14BrIO2/c18-12-5-6-15(19)14(10-12)16(20)9-11-7-8-21-17-4-2-1-3-13(11)17/h1-6,10-11H,7-9H2. The Morgan fingerprint density at radius 3 is 2.95 bits per heavy atom. The predicted molar refractivity (Wildman–Crippen MR) is 95.1 cm³/mol. The van der Waals surface area contributed by atoms with Crippen molar-refractivity contribution in [2.45, 2.75) is 18.8 Å². The Balaban J connectivity index is 1.84. The average Bonchev–Trinajstić information content (AvgIpc) is 2.50. The Bertz CT molecular complexity index is 684. The van der Waals surface area contributed by atoms with Crippen LogP contribution in [0.15, 0.2) is 46.9 Å². The number of rotatable bonds is 3. The van der Waals surface area contributed by atoms with Gasteiger partial charge in [-0.15, -0.1) is 0 Å². The summed E-state index contributed by atoms with van der Waals surface area (Å²) in [6.45, 7) is 0.685. The number of para-hydroxylation sites is 1. The highest BCUT2D eigenvalue weighted by Gasteiger charge is 2.24. The first-order chi connectivity index (χ1) is 10.1. The second-order valence-electron chi connectivity index (χ2n) is 5.12. The Labute approximate surface area is 146 Å². The fourth-order valence-electron chi connectivity index (χ4n) is 2.67. The molecule has 2 aromatic carbocycles. The smallest absolute Gasteiger partial charge is 0.164 e. The highest BCUT2D eigenvalue weighted by molar-refractivity contribution is 14.1. The van der Waals surface area contributed by atoms with E-state index in [1.165, 1.54) is 0 Å². The first kappa shape index (κ1) is 15.0. The monoisotopic (exact) mass is 456 g/mol. The summed E-state index contributed by atoms with van der Waals surface area (Å²) in [6, 6.07) is 13.9. The van der Waals surface area contributed by atoms with Gasteiger partial charge in [-0.1, -0.05) is 34.1 Å². The van der Waals surface area contributed by atoms with Gasteiger partial charge in [-0.3, -0.25) is 4.79 Å². The van der Waals surface area contributed by atoms with E-state index in [0.717, 1.165) is 31.3 Å². The number of ether oxygens (including phenoxy) is 1. The zero-order chi connectivity index (χ0) is 14.8. The molecule has 0 aliphatic carbocycles. The molecular weight excluding hydrogens is 443 g/mol. The SMILES string of the molecule is O=C(CC1CCOc2ccccc21)c1cc(Br)ccc1I. The van der Waals surface area contributed by atoms with Crippen LogP contribution < -0.4 is 4.74 Å². The maximum Gasteiger partial charge on any atom is 0.164 e. The number of hydrogen-bond donors (Lipinski definition) is 0. The molecule has 0 saturated heterocycles. The van der Waals surface area contributed by atoms with E-state index in [9.17, 15) is 4.79 Å². The van der Waals surface area contributed by atoms with Crippen LogP contribution in [0.5, 0.6) is 5.75 Å². The van der Waals surface area contributed by atoms with E-state index in [0.29, 0.717) is 13.0 Å². The fraction of sp³-hybridized carbons (Fsp3) is 0.235. The molecule has 1 aliphatic rings. The van der Waals surface area contributed by atoms with E-state index in [-0.39, 0.29) is 11.7 Å². The number of fused-ring (bicyclic) bond motifs is 1. The Kier molecular flexibility index (Phi) is 4.64. The summed E-state index contributed by atoms with van der Waals surface area (Å²) in [6.07, 6.45) is 1.43. The molecule has 21 heavy (non-hydrogen) atoms. The summed E-state index contributed by atoms with van der Waals surface area (Å²) in [4.78, 5) is 12.6. The lowest BCUT2D eigenvalue weighted by Gasteiger charge is -2.25. The van der Waals surface area contributed by atoms with Gasteiger partial charge in [-0.25, -0.2) is 0 Å². The van der Waals surface area contributed by atoms with Gasteiger partial charge in [0.05, 0.1) is 6.61 Å². The van der Waals surface area contributed by atoms with Gasteiger partial charge in [-0.05, 0) is 64.8 Å². The Morgan fingerprint density at radius 2 is 2.10 bits per heavy atom. The molecule has 2 nitrogen and oxygen atoms in total. The number of benzene rings is 2. The van der Waals surface area contributed by atoms with Crippen LogP contribution in [0.2, 0.25) is 0 Å². The third kappa shape index (κ3) is 3.31. The molecule has 1 aliphatic heterocycles. The van der Waals surface area contributed by atoms with Crippen molar-refractivity contribution < 1.29 is 9.53 Å². The van der Waals surface area contributed by atoms with Crippen LogP contribution in [0.1, 0.15) is 34.7 Å². The molecule has 4 heteroatoms. The van der Waals surface area contributed by atoms with Crippen molar-refractivity contribution in [3.8, 4) is 5.75 Å². The van der Waals surface area contributed by atoms with Gasteiger partial charge in [0.15, 0.2) is 5.78 Å². The molecule has 0 N–H and O–H groups in total. The second-order valence-corrected chi connectivity index (χ2v) is 7.20. The summed E-state index contributed by atoms with van der Waals surface area (Å²) >= 11 is 5.66. The molecule has 1 atom stereocenters. The largest absolute Gasteiger partial charge is 0.493 e. The lowest BCUT2D eigenvalue weighted by atomic mass is 9.87. The van der Waals surface area contributed by atoms with Crippen molar-refractivity contribution in [3.63, 3.8) is 0 Å². The molecule has 0 amide bonds. The number of ketones is 1. The molecule has 0 fully saturated rings. The van der Waals surface area contributed by atoms with Gasteiger partial charge in [0, 0.05) is 20.0 Å². The first-order valence-corrected chi connectivity index (χ1v) is 8.72. The maximum atomic E-state index is 12.6. The fourth-order valence-corrected chi connectivity index (χ4v) is 3.67. The lowest BCUT2D eigenvalue weighted by molar-refractivity contribution is 0.0965. The van der Waals surface area contributed by atoms with Crippen molar-refractivity contribution in [2.75, 3.05) is 6.61 Å². The highest BCUT2D eigenvalue weighted by Crippen LogP contribution is 2.36. The third-order valence-electron chi connectivity index (χ3n) is 3.74. The minimum Gasteiger partial charge on any atom is -0.493 e. The number of Topliss-reactive ketones (excluding diaryl/α,β-unsaturated/α-hetero) is 1. The molecule has 1 unspecified atom stereocenters. The van der Waals surface area contributed by atoms with Crippen LogP contribution in [-0.2, 0) is 0 Å². The normalized spacial score (nSPS) is 17.0. The van der Waals surface area contributed by atoms with Crippen molar-refractivity contribution in [1.29, 1.82) is 0 Å². The minimum absolute atomic E-state index is 0.197. The molecule has 108 valence electrons. The van der Waals surface area contributed by atoms with Crippen LogP contribution in [0, 0.1) is 3.57 Å². The molecule has 1 heterocycles. The summed E-state index contributed by atoms with van der Waals surface area (Å²) in [7, 11) is 0. The molecule has 0 spiro atoms. The highest BCUT2D eigenvalue weighted by atomic mass is 127. The van der Waals surface area contributed by atoms with Crippen molar-refractivity contribution in [2.24, 2.45) is 0 Å². The minimum atomic E-state index is 0.197. The predicted octanol–water partition coefficient (Wildman–Crippen LogP) is 5.19. The van der Waals surface area contributed by atoms with E-state index in [1.54, 1.807) is 0 Å². The molecule has 0 radical (unpaired) electrons. The van der Waals surface area contributed by atoms with Gasteiger partial charge in [0.2, 0.25) is 0 Å². The maximum absolute atomic E-state index is 12.6. The molecule has 0 aromatic heterocycles. The number of hydrogen-bond acceptors (Lipinski definition) is 2. The van der Waals surface area contributed by atoms with Gasteiger partial charge in [0.1, 0.15) is 5.75 Å². The van der Waals surface area contributed by atoms with Crippen LogP contribution in [0.3, 0.4) is 0 Å². The summed E-state index contributed by atoms with van der Waals surface area (Å²) in [5.41, 5.74) is 1.95. The van der Waals surface area contributed by atoms with Gasteiger partial charge in [-0.2, -0.15) is 0 Å². The number of halogens is 2. The zero-order valence-corrected chi connectivity index (χ0v) is 15.1. The van der Waals surface area contributed by atoms with Crippen molar-refractivity contribution in [3.05, 3.63) is 61.6 Å². The molecule has 0 saturated carbocycles. The molecular formula is C17H14BrIO2. The van der Waals surface area contributed by atoms with Crippen LogP contribution in [-0.4, -0.2) is 12.4 Å². The van der Waals surface area contributed by atoms with Gasteiger partial charge in [0.25, 0.3) is 0 Å². The first-order valence-electron chi connectivity index (χ1n) is 6.85. The topological polar surface area (TPSA) is 26.3 Å². The molecule has 2 aromatic rings. The van der Waals surface area contributed by atoms with E-state index in [4.69, 9.17) is 4.74 Å². The molecule has 3 rings (SSSR count). The van der Waals surface area contributed by atoms with E-state index in [1.807, 2.05) is 36.4 Å². The van der Waals surface area contributed by atoms with Crippen molar-refractivity contribution in [1.82, 2.24) is 0 Å². The summed E-state index contributed by atoms with van der Waals surface area (Å²) in [5.74, 6) is 1.37. The Hall–Kier alpha value is -0.880. The van der Waals surface area contributed by atoms with Crippen LogP contribution in [0.4, 0.5) is 0 Å². The van der Waals surface area contributed by atoms with E-state index < -0.39 is 0 Å². The quantitative estimate of drug-likeness (QED) is 0.469. The van der Waals surface area contributed by atoms with Crippen LogP contribution >= 0.6 is 38.5 Å².